The zero-order chi connectivity index (χ0) is 9.80. The van der Waals surface area contributed by atoms with Crippen LogP contribution >= 0.6 is 37.2 Å². The number of aryl methyl sites for hydroxylation is 1. The summed E-state index contributed by atoms with van der Waals surface area (Å²) >= 11 is 0. The van der Waals surface area contributed by atoms with Crippen molar-refractivity contribution in [2.45, 2.75) is 13.5 Å². The third kappa shape index (κ3) is 6.43. The van der Waals surface area contributed by atoms with Gasteiger partial charge in [-0.3, -0.25) is 9.88 Å². The Bertz CT molecular complexity index is 304. The lowest BCUT2D eigenvalue weighted by atomic mass is 10.2. The van der Waals surface area contributed by atoms with Crippen LogP contribution < -0.4 is 5.32 Å². The van der Waals surface area contributed by atoms with Crippen molar-refractivity contribution in [3.8, 4) is 0 Å². The van der Waals surface area contributed by atoms with Crippen LogP contribution in [0.2, 0.25) is 0 Å². The van der Waals surface area contributed by atoms with Gasteiger partial charge in [-0.15, -0.1) is 37.2 Å². The highest BCUT2D eigenvalue weighted by Gasteiger charge is 2.09. The Kier molecular flexibility index (Phi) is 11.3. The monoisotopic (exact) mass is 299 g/mol. The Labute approximate surface area is 122 Å². The fourth-order valence-electron chi connectivity index (χ4n) is 1.79. The van der Waals surface area contributed by atoms with Crippen molar-refractivity contribution in [1.29, 1.82) is 0 Å². The predicted molar refractivity (Wildman–Crippen MR) is 78.9 cm³/mol. The molecule has 17 heavy (non-hydrogen) atoms. The zero-order valence-electron chi connectivity index (χ0n) is 9.89. The quantitative estimate of drug-likeness (QED) is 0.906. The van der Waals surface area contributed by atoms with Crippen LogP contribution in [0.1, 0.15) is 11.4 Å². The maximum absolute atomic E-state index is 4.51. The van der Waals surface area contributed by atoms with E-state index in [1.807, 2.05) is 13.0 Å². The van der Waals surface area contributed by atoms with Crippen molar-refractivity contribution < 1.29 is 0 Å². The van der Waals surface area contributed by atoms with Gasteiger partial charge in [0.2, 0.25) is 0 Å². The molecule has 2 heterocycles. The highest BCUT2D eigenvalue weighted by atomic mass is 35.5. The summed E-state index contributed by atoms with van der Waals surface area (Å²) in [4.78, 5) is 6.95. The summed E-state index contributed by atoms with van der Waals surface area (Å²) in [5.41, 5.74) is 2.30. The van der Waals surface area contributed by atoms with E-state index in [9.17, 15) is 0 Å². The number of nitrogens with one attached hydrogen (secondary N) is 1. The number of rotatable bonds is 2. The minimum atomic E-state index is 0. The van der Waals surface area contributed by atoms with E-state index in [0.29, 0.717) is 0 Å². The number of nitrogens with zero attached hydrogens (tertiary/aromatic N) is 2. The molecule has 2 rings (SSSR count). The number of halogens is 3. The smallest absolute Gasteiger partial charge is 0.0547 e. The first-order valence-corrected chi connectivity index (χ1v) is 5.20. The van der Waals surface area contributed by atoms with Gasteiger partial charge < -0.3 is 5.32 Å². The highest BCUT2D eigenvalue weighted by molar-refractivity contribution is 5.86. The first-order valence-electron chi connectivity index (χ1n) is 5.20. The average molecular weight is 301 g/mol. The van der Waals surface area contributed by atoms with Crippen molar-refractivity contribution in [1.82, 2.24) is 15.2 Å². The standard InChI is InChI=1S/C11H17N3.3ClH/c1-10-3-2-4-11(13-10)9-14-7-5-12-6-8-14;;;/h2-4,12H,5-9H2,1H3;3*1H. The van der Waals surface area contributed by atoms with Crippen LogP contribution in [-0.2, 0) is 6.54 Å². The molecule has 0 spiro atoms. The second-order valence-electron chi connectivity index (χ2n) is 3.80. The fourth-order valence-corrected chi connectivity index (χ4v) is 1.79. The Morgan fingerprint density at radius 2 is 1.82 bits per heavy atom. The largest absolute Gasteiger partial charge is 0.314 e. The van der Waals surface area contributed by atoms with Gasteiger partial charge in [0.05, 0.1) is 5.69 Å². The number of aromatic nitrogens is 1. The van der Waals surface area contributed by atoms with Crippen LogP contribution in [0.25, 0.3) is 0 Å². The molecular formula is C11H20Cl3N3. The molecule has 0 aromatic carbocycles. The molecule has 1 aromatic rings. The second kappa shape index (κ2) is 9.92. The van der Waals surface area contributed by atoms with Gasteiger partial charge in [0.1, 0.15) is 0 Å². The van der Waals surface area contributed by atoms with Crippen molar-refractivity contribution in [3.63, 3.8) is 0 Å². The van der Waals surface area contributed by atoms with E-state index in [0.717, 1.165) is 38.4 Å². The molecule has 1 aliphatic rings. The van der Waals surface area contributed by atoms with Crippen LogP contribution in [0.15, 0.2) is 18.2 Å². The van der Waals surface area contributed by atoms with E-state index in [-0.39, 0.29) is 37.2 Å². The van der Waals surface area contributed by atoms with E-state index in [4.69, 9.17) is 0 Å². The molecule has 0 unspecified atom stereocenters. The molecule has 0 saturated carbocycles. The van der Waals surface area contributed by atoms with Gasteiger partial charge in [0, 0.05) is 38.4 Å². The fraction of sp³-hybridized carbons (Fsp3) is 0.545. The summed E-state index contributed by atoms with van der Waals surface area (Å²) in [6, 6.07) is 6.23. The Morgan fingerprint density at radius 3 is 2.41 bits per heavy atom. The number of pyridine rings is 1. The summed E-state index contributed by atoms with van der Waals surface area (Å²) < 4.78 is 0. The van der Waals surface area contributed by atoms with E-state index in [1.54, 1.807) is 0 Å². The Balaban J connectivity index is 0. The molecule has 1 saturated heterocycles. The van der Waals surface area contributed by atoms with Gasteiger partial charge in [0.15, 0.2) is 0 Å². The lowest BCUT2D eigenvalue weighted by Gasteiger charge is -2.26. The van der Waals surface area contributed by atoms with Gasteiger partial charge in [-0.05, 0) is 19.1 Å². The normalized spacial score (nSPS) is 15.1. The number of hydrogen-bond acceptors (Lipinski definition) is 3. The van der Waals surface area contributed by atoms with Crippen LogP contribution in [0.3, 0.4) is 0 Å². The van der Waals surface area contributed by atoms with Gasteiger partial charge >= 0.3 is 0 Å². The van der Waals surface area contributed by atoms with Gasteiger partial charge in [0.25, 0.3) is 0 Å². The molecule has 1 aromatic heterocycles. The number of piperazine rings is 1. The second-order valence-corrected chi connectivity index (χ2v) is 3.80. The SMILES string of the molecule is Cc1cccc(CN2CCNCC2)n1.Cl.Cl.Cl. The zero-order valence-corrected chi connectivity index (χ0v) is 12.3. The molecule has 100 valence electrons. The van der Waals surface area contributed by atoms with Crippen LogP contribution in [-0.4, -0.2) is 36.1 Å². The van der Waals surface area contributed by atoms with Gasteiger partial charge in [-0.2, -0.15) is 0 Å². The maximum atomic E-state index is 4.51. The first kappa shape index (κ1) is 19.3. The molecule has 1 N–H and O–H groups in total. The Morgan fingerprint density at radius 1 is 1.18 bits per heavy atom. The molecular weight excluding hydrogens is 281 g/mol. The lowest BCUT2D eigenvalue weighted by molar-refractivity contribution is 0.230. The molecule has 1 fully saturated rings. The molecule has 0 aliphatic carbocycles. The third-order valence-electron chi connectivity index (χ3n) is 2.54. The molecule has 0 radical (unpaired) electrons. The first-order chi connectivity index (χ1) is 6.84. The van der Waals surface area contributed by atoms with Crippen molar-refractivity contribution >= 4 is 37.2 Å². The highest BCUT2D eigenvalue weighted by Crippen LogP contribution is 2.03. The van der Waals surface area contributed by atoms with E-state index in [2.05, 4.69) is 27.3 Å². The maximum Gasteiger partial charge on any atom is 0.0547 e. The van der Waals surface area contributed by atoms with Crippen LogP contribution in [0.4, 0.5) is 0 Å². The molecule has 6 heteroatoms. The average Bonchev–Trinajstić information content (AvgIpc) is 2.19. The topological polar surface area (TPSA) is 28.2 Å². The molecule has 0 amide bonds. The summed E-state index contributed by atoms with van der Waals surface area (Å²) in [6.07, 6.45) is 0. The molecule has 3 nitrogen and oxygen atoms in total. The van der Waals surface area contributed by atoms with Crippen LogP contribution in [0.5, 0.6) is 0 Å². The minimum Gasteiger partial charge on any atom is -0.314 e. The van der Waals surface area contributed by atoms with Crippen molar-refractivity contribution in [3.05, 3.63) is 29.6 Å². The summed E-state index contributed by atoms with van der Waals surface area (Å²) in [6.45, 7) is 7.51. The lowest BCUT2D eigenvalue weighted by Crippen LogP contribution is -2.43. The van der Waals surface area contributed by atoms with Crippen molar-refractivity contribution in [2.75, 3.05) is 26.2 Å². The summed E-state index contributed by atoms with van der Waals surface area (Å²) in [5, 5.41) is 3.35. The summed E-state index contributed by atoms with van der Waals surface area (Å²) in [5.74, 6) is 0. The van der Waals surface area contributed by atoms with E-state index >= 15 is 0 Å². The molecule has 0 atom stereocenters. The third-order valence-corrected chi connectivity index (χ3v) is 2.54. The summed E-state index contributed by atoms with van der Waals surface area (Å²) in [7, 11) is 0. The number of hydrogen-bond donors (Lipinski definition) is 1. The predicted octanol–water partition coefficient (Wildman–Crippen LogP) is 2.06. The van der Waals surface area contributed by atoms with Crippen LogP contribution in [0, 0.1) is 6.92 Å². The molecule has 1 aliphatic heterocycles. The van der Waals surface area contributed by atoms with E-state index in [1.165, 1.54) is 5.69 Å². The van der Waals surface area contributed by atoms with Gasteiger partial charge in [-0.1, -0.05) is 6.07 Å². The Hall–Kier alpha value is -0.0600. The van der Waals surface area contributed by atoms with Crippen molar-refractivity contribution in [2.24, 2.45) is 0 Å². The molecule has 0 bridgehead atoms. The minimum absolute atomic E-state index is 0. The van der Waals surface area contributed by atoms with E-state index < -0.39 is 0 Å². The van der Waals surface area contributed by atoms with Gasteiger partial charge in [-0.25, -0.2) is 0 Å².